The van der Waals surface area contributed by atoms with Crippen molar-refractivity contribution in [2.75, 3.05) is 43.6 Å². The molecule has 0 atom stereocenters. The van der Waals surface area contributed by atoms with Gasteiger partial charge in [0.05, 0.1) is 32.2 Å². The Morgan fingerprint density at radius 3 is 2.65 bits per heavy atom. The van der Waals surface area contributed by atoms with Crippen molar-refractivity contribution in [2.45, 2.75) is 6.92 Å². The van der Waals surface area contributed by atoms with E-state index in [1.165, 1.54) is 26.2 Å². The highest BCUT2D eigenvalue weighted by atomic mass is 19.1. The zero-order valence-corrected chi connectivity index (χ0v) is 20.0. The second-order valence-electron chi connectivity index (χ2n) is 8.34. The van der Waals surface area contributed by atoms with Crippen LogP contribution in [-0.4, -0.2) is 49.2 Å². The average Bonchev–Trinajstić information content (AvgIpc) is 2.89. The molecule has 11 heteroatoms. The van der Waals surface area contributed by atoms with Crippen molar-refractivity contribution in [3.63, 3.8) is 0 Å². The molecule has 0 unspecified atom stereocenters. The number of ketones is 1. The van der Waals surface area contributed by atoms with Crippen LogP contribution in [0, 0.1) is 11.6 Å². The monoisotopic (exact) mass is 508 g/mol. The number of benzene rings is 2. The third kappa shape index (κ3) is 4.73. The van der Waals surface area contributed by atoms with Crippen molar-refractivity contribution in [3.8, 4) is 17.0 Å². The zero-order chi connectivity index (χ0) is 26.1. The molecule has 1 fully saturated rings. The Morgan fingerprint density at radius 1 is 1.14 bits per heavy atom. The molecule has 4 aromatic rings. The number of ether oxygens (including phenoxy) is 2. The summed E-state index contributed by atoms with van der Waals surface area (Å²) in [6.07, 6.45) is 0.990. The summed E-state index contributed by atoms with van der Waals surface area (Å²) in [5.74, 6) is -1.46. The van der Waals surface area contributed by atoms with Crippen LogP contribution in [-0.2, 0) is 4.74 Å². The summed E-state index contributed by atoms with van der Waals surface area (Å²) in [5.41, 5.74) is 0.659. The van der Waals surface area contributed by atoms with Crippen LogP contribution >= 0.6 is 0 Å². The maximum atomic E-state index is 14.6. The minimum atomic E-state index is -0.734. The second kappa shape index (κ2) is 9.94. The number of rotatable bonds is 6. The Hall–Kier alpha value is -4.38. The van der Waals surface area contributed by atoms with E-state index in [4.69, 9.17) is 13.9 Å². The van der Waals surface area contributed by atoms with Crippen LogP contribution in [0.15, 0.2) is 51.8 Å². The van der Waals surface area contributed by atoms with Gasteiger partial charge in [0.1, 0.15) is 28.4 Å². The first-order valence-electron chi connectivity index (χ1n) is 11.4. The van der Waals surface area contributed by atoms with Crippen LogP contribution in [0.25, 0.3) is 22.2 Å². The number of nitrogens with zero attached hydrogens (tertiary/aromatic N) is 3. The number of carbonyl (C=O) groups excluding carboxylic acids is 1. The number of fused-ring (bicyclic) bond motifs is 1. The number of halogens is 2. The van der Waals surface area contributed by atoms with Gasteiger partial charge < -0.3 is 24.1 Å². The number of anilines is 3. The predicted molar refractivity (Wildman–Crippen MR) is 133 cm³/mol. The van der Waals surface area contributed by atoms with E-state index in [0.717, 1.165) is 12.3 Å². The van der Waals surface area contributed by atoms with E-state index in [2.05, 4.69) is 15.3 Å². The standard InChI is InChI=1S/C26H22F2N4O5/c1-14(33)22-24(32-7-9-36-10-8-32)18-6-4-16(12-21(18)37-25(22)34)30-26-29-13-19(28)23(31-26)17-5-3-15(27)11-20(17)35-2/h3-6,11-13H,7-10H2,1-2H3,(H,29,30,31). The highest BCUT2D eigenvalue weighted by molar-refractivity contribution is 6.07. The molecule has 5 rings (SSSR count). The number of hydrogen-bond donors (Lipinski definition) is 1. The first-order valence-corrected chi connectivity index (χ1v) is 11.4. The number of carbonyl (C=O) groups is 1. The summed E-state index contributed by atoms with van der Waals surface area (Å²) in [5, 5.41) is 3.56. The van der Waals surface area contributed by atoms with Crippen molar-refractivity contribution in [1.82, 2.24) is 9.97 Å². The van der Waals surface area contributed by atoms with Gasteiger partial charge in [0.2, 0.25) is 5.95 Å². The van der Waals surface area contributed by atoms with E-state index in [1.54, 1.807) is 18.2 Å². The van der Waals surface area contributed by atoms with E-state index < -0.39 is 17.3 Å². The van der Waals surface area contributed by atoms with Gasteiger partial charge in [-0.2, -0.15) is 0 Å². The minimum Gasteiger partial charge on any atom is -0.496 e. The zero-order valence-electron chi connectivity index (χ0n) is 20.0. The molecule has 2 aromatic heterocycles. The van der Waals surface area contributed by atoms with Crippen LogP contribution in [0.5, 0.6) is 5.75 Å². The van der Waals surface area contributed by atoms with Gasteiger partial charge in [-0.25, -0.2) is 23.5 Å². The molecule has 0 spiro atoms. The van der Waals surface area contributed by atoms with Gasteiger partial charge in [0.25, 0.3) is 0 Å². The Bertz CT molecular complexity index is 1570. The van der Waals surface area contributed by atoms with Gasteiger partial charge in [0.15, 0.2) is 11.6 Å². The lowest BCUT2D eigenvalue weighted by atomic mass is 10.1. The molecule has 37 heavy (non-hydrogen) atoms. The molecule has 2 aromatic carbocycles. The molecule has 9 nitrogen and oxygen atoms in total. The molecular weight excluding hydrogens is 486 g/mol. The number of aromatic nitrogens is 2. The Balaban J connectivity index is 1.54. The van der Waals surface area contributed by atoms with Gasteiger partial charge in [-0.15, -0.1) is 0 Å². The fourth-order valence-electron chi connectivity index (χ4n) is 4.29. The lowest BCUT2D eigenvalue weighted by Crippen LogP contribution is -2.38. The van der Waals surface area contributed by atoms with Gasteiger partial charge in [-0.05, 0) is 31.2 Å². The molecule has 1 saturated heterocycles. The first kappa shape index (κ1) is 24.3. The van der Waals surface area contributed by atoms with E-state index in [9.17, 15) is 18.4 Å². The predicted octanol–water partition coefficient (Wildman–Crippen LogP) is 4.32. The van der Waals surface area contributed by atoms with Crippen LogP contribution in [0.2, 0.25) is 0 Å². The van der Waals surface area contributed by atoms with Gasteiger partial charge in [0, 0.05) is 41.9 Å². The van der Waals surface area contributed by atoms with Gasteiger partial charge in [-0.3, -0.25) is 4.79 Å². The maximum absolute atomic E-state index is 14.6. The molecule has 190 valence electrons. The van der Waals surface area contributed by atoms with Crippen LogP contribution in [0.4, 0.5) is 26.1 Å². The molecule has 3 heterocycles. The SMILES string of the molecule is COc1cc(F)ccc1-c1nc(Nc2ccc3c(N4CCOCC4)c(C(C)=O)c(=O)oc3c2)ncc1F. The van der Waals surface area contributed by atoms with Crippen molar-refractivity contribution in [2.24, 2.45) is 0 Å². The minimum absolute atomic E-state index is 0.00476. The molecule has 0 saturated carbocycles. The molecular formula is C26H22F2N4O5. The molecule has 0 aliphatic carbocycles. The maximum Gasteiger partial charge on any atom is 0.349 e. The Labute approximate surface area is 209 Å². The highest BCUT2D eigenvalue weighted by Crippen LogP contribution is 2.34. The fourth-order valence-corrected chi connectivity index (χ4v) is 4.29. The smallest absolute Gasteiger partial charge is 0.349 e. The third-order valence-electron chi connectivity index (χ3n) is 5.98. The second-order valence-corrected chi connectivity index (χ2v) is 8.34. The van der Waals surface area contributed by atoms with Gasteiger partial charge >= 0.3 is 5.63 Å². The number of hydrogen-bond acceptors (Lipinski definition) is 9. The molecule has 0 amide bonds. The third-order valence-corrected chi connectivity index (χ3v) is 5.98. The van der Waals surface area contributed by atoms with Crippen LogP contribution < -0.4 is 20.6 Å². The Morgan fingerprint density at radius 2 is 1.92 bits per heavy atom. The number of methoxy groups -OCH3 is 1. The Kier molecular flexibility index (Phi) is 6.53. The highest BCUT2D eigenvalue weighted by Gasteiger charge is 2.24. The first-order chi connectivity index (χ1) is 17.9. The van der Waals surface area contributed by atoms with Crippen molar-refractivity contribution in [1.29, 1.82) is 0 Å². The molecule has 1 aliphatic heterocycles. The number of morpholine rings is 1. The normalized spacial score (nSPS) is 13.6. The van der Waals surface area contributed by atoms with Gasteiger partial charge in [-0.1, -0.05) is 0 Å². The van der Waals surface area contributed by atoms with Crippen molar-refractivity contribution >= 4 is 34.1 Å². The summed E-state index contributed by atoms with van der Waals surface area (Å²) in [6.45, 7) is 3.33. The van der Waals surface area contributed by atoms with Crippen molar-refractivity contribution < 1.29 is 27.5 Å². The molecule has 1 aliphatic rings. The molecule has 0 bridgehead atoms. The van der Waals surface area contributed by atoms with Crippen molar-refractivity contribution in [3.05, 3.63) is 70.2 Å². The van der Waals surface area contributed by atoms with E-state index in [-0.39, 0.29) is 39.9 Å². The lowest BCUT2D eigenvalue weighted by Gasteiger charge is -2.30. The molecule has 0 radical (unpaired) electrons. The van der Waals surface area contributed by atoms with E-state index >= 15 is 0 Å². The summed E-state index contributed by atoms with van der Waals surface area (Å²) in [6, 6.07) is 8.70. The molecule has 1 N–H and O–H groups in total. The quantitative estimate of drug-likeness (QED) is 0.301. The summed E-state index contributed by atoms with van der Waals surface area (Å²) < 4.78 is 44.3. The van der Waals surface area contributed by atoms with E-state index in [1.807, 2.05) is 4.90 Å². The largest absolute Gasteiger partial charge is 0.496 e. The van der Waals surface area contributed by atoms with Crippen LogP contribution in [0.1, 0.15) is 17.3 Å². The van der Waals surface area contributed by atoms with Crippen LogP contribution in [0.3, 0.4) is 0 Å². The summed E-state index contributed by atoms with van der Waals surface area (Å²) >= 11 is 0. The number of nitrogens with one attached hydrogen (secondary N) is 1. The lowest BCUT2D eigenvalue weighted by molar-refractivity contribution is 0.101. The topological polar surface area (TPSA) is 107 Å². The van der Waals surface area contributed by atoms with E-state index in [0.29, 0.717) is 43.1 Å². The fraction of sp³-hybridized carbons (Fsp3) is 0.231. The summed E-state index contributed by atoms with van der Waals surface area (Å²) in [4.78, 5) is 35.2. The summed E-state index contributed by atoms with van der Waals surface area (Å²) in [7, 11) is 1.35. The average molecular weight is 508 g/mol. The number of Topliss-reactive ketones (excluding diaryl/α,β-unsaturated/α-hetero) is 1.